The van der Waals surface area contributed by atoms with E-state index in [0.29, 0.717) is 9.75 Å². The van der Waals surface area contributed by atoms with Gasteiger partial charge in [0.05, 0.1) is 53.0 Å². The summed E-state index contributed by atoms with van der Waals surface area (Å²) in [6.07, 6.45) is 3.34. The smallest absolute Gasteiger partial charge is 0.328 e. The van der Waals surface area contributed by atoms with Gasteiger partial charge in [-0.25, -0.2) is 9.59 Å². The molecule has 20 nitrogen and oxygen atoms in total. The Kier molecular flexibility index (Phi) is 16.7. The Morgan fingerprint density at radius 3 is 1.30 bits per heavy atom. The molecule has 6 aromatic heterocycles. The van der Waals surface area contributed by atoms with Gasteiger partial charge in [-0.05, 0) is 58.3 Å². The van der Waals surface area contributed by atoms with Crippen LogP contribution in [0.5, 0.6) is 0 Å². The van der Waals surface area contributed by atoms with Gasteiger partial charge in [0.1, 0.15) is 21.8 Å². The minimum Gasteiger partial charge on any atom is -0.480 e. The van der Waals surface area contributed by atoms with Crippen LogP contribution < -0.4 is 31.9 Å². The predicted molar refractivity (Wildman–Crippen MR) is 264 cm³/mol. The molecule has 0 spiro atoms. The van der Waals surface area contributed by atoms with Crippen molar-refractivity contribution in [3.63, 3.8) is 0 Å². The molecular weight excluding hydrogens is 1030 g/mol. The Balaban J connectivity index is 0.000000206. The number of aliphatic carboxylic acids is 2. The second kappa shape index (κ2) is 23.2. The van der Waals surface area contributed by atoms with E-state index in [9.17, 15) is 48.6 Å². The monoisotopic (exact) mass is 1060 g/mol. The van der Waals surface area contributed by atoms with Crippen molar-refractivity contribution in [1.82, 2.24) is 52.3 Å². The van der Waals surface area contributed by atoms with Crippen molar-refractivity contribution in [2.24, 2.45) is 0 Å². The highest BCUT2D eigenvalue weighted by Crippen LogP contribution is 2.29. The minimum atomic E-state index is -1.39. The number of hydrogen-bond donors (Lipinski definition) is 10. The lowest BCUT2D eigenvalue weighted by Gasteiger charge is -2.14. The summed E-state index contributed by atoms with van der Waals surface area (Å²) in [5.41, 5.74) is 3.40. The number of aromatic amines is 2. The van der Waals surface area contributed by atoms with Crippen molar-refractivity contribution in [3.05, 3.63) is 146 Å². The summed E-state index contributed by atoms with van der Waals surface area (Å²) in [5, 5.41) is 53.0. The molecule has 0 aliphatic heterocycles. The molecule has 0 aliphatic carbocycles. The summed E-state index contributed by atoms with van der Waals surface area (Å²) in [7, 11) is 0. The average molecular weight is 1060 g/mol. The van der Waals surface area contributed by atoms with Gasteiger partial charge in [-0.1, -0.05) is 59.6 Å². The van der Waals surface area contributed by atoms with Gasteiger partial charge < -0.3 is 42.1 Å². The first-order valence-corrected chi connectivity index (χ1v) is 24.5. The molecule has 6 amide bonds. The fraction of sp³-hybridized carbons (Fsp3) is 0.136. The summed E-state index contributed by atoms with van der Waals surface area (Å²) < 4.78 is 0. The van der Waals surface area contributed by atoms with Crippen LogP contribution in [0.4, 0.5) is 0 Å². The fourth-order valence-electron chi connectivity index (χ4n) is 6.39. The maximum atomic E-state index is 12.7. The SMILES string of the molecule is O=C(NC[C@H](NC(=O)c1sc(C(=O)NCc2cccc3[nH]ncc23)cc1Cl)C(=O)O)c1cccs1.O=C(NC[C@H](NC(=O)c1sc(C(=O)NCc2cccc3[nH]ncc23)cc1Cl)C(=O)O)c1cccs1. The molecule has 8 rings (SSSR count). The van der Waals surface area contributed by atoms with Gasteiger partial charge in [0.25, 0.3) is 35.4 Å². The number of nitrogens with zero attached hydrogens (tertiary/aromatic N) is 2. The van der Waals surface area contributed by atoms with Crippen LogP contribution in [0.1, 0.15) is 69.2 Å². The van der Waals surface area contributed by atoms with Crippen LogP contribution in [0.15, 0.2) is 96.0 Å². The maximum Gasteiger partial charge on any atom is 0.328 e. The summed E-state index contributed by atoms with van der Waals surface area (Å²) in [5.74, 6) is -5.95. The number of thiophene rings is 4. The maximum absolute atomic E-state index is 12.7. The van der Waals surface area contributed by atoms with Crippen LogP contribution in [0.3, 0.4) is 0 Å². The molecule has 0 saturated heterocycles. The molecule has 0 fully saturated rings. The number of carboxylic acid groups (broad SMARTS) is 2. The number of carbonyl (C=O) groups is 8. The van der Waals surface area contributed by atoms with E-state index in [2.05, 4.69) is 52.3 Å². The number of aromatic nitrogens is 4. The van der Waals surface area contributed by atoms with Crippen LogP contribution >= 0.6 is 68.5 Å². The number of benzene rings is 2. The van der Waals surface area contributed by atoms with E-state index in [1.165, 1.54) is 34.8 Å². The molecule has 26 heteroatoms. The lowest BCUT2D eigenvalue weighted by atomic mass is 10.1. The number of hydrogen-bond acceptors (Lipinski definition) is 14. The average Bonchev–Trinajstić information content (AvgIpc) is 4.21. The van der Waals surface area contributed by atoms with E-state index >= 15 is 0 Å². The van der Waals surface area contributed by atoms with Crippen molar-refractivity contribution in [2.45, 2.75) is 25.2 Å². The Morgan fingerprint density at radius 2 is 0.929 bits per heavy atom. The first-order valence-electron chi connectivity index (χ1n) is 20.3. The number of H-pyrrole nitrogens is 2. The molecule has 70 heavy (non-hydrogen) atoms. The molecule has 8 aromatic rings. The van der Waals surface area contributed by atoms with Gasteiger partial charge in [0.15, 0.2) is 0 Å². The normalized spacial score (nSPS) is 11.7. The number of nitrogens with one attached hydrogen (secondary N) is 8. The Bertz CT molecular complexity index is 3010. The molecule has 2 aromatic carbocycles. The number of amides is 6. The minimum absolute atomic E-state index is 0.00964. The second-order valence-electron chi connectivity index (χ2n) is 14.5. The summed E-state index contributed by atoms with van der Waals surface area (Å²) in [6, 6.07) is 17.7. The molecule has 0 saturated carbocycles. The van der Waals surface area contributed by atoms with Crippen molar-refractivity contribution in [3.8, 4) is 0 Å². The molecule has 6 heterocycles. The predicted octanol–water partition coefficient (Wildman–Crippen LogP) is 5.76. The lowest BCUT2D eigenvalue weighted by molar-refractivity contribution is -0.140. The molecule has 0 aliphatic rings. The highest BCUT2D eigenvalue weighted by molar-refractivity contribution is 7.17. The van der Waals surface area contributed by atoms with Crippen LogP contribution in [0.2, 0.25) is 10.0 Å². The molecule has 10 N–H and O–H groups in total. The van der Waals surface area contributed by atoms with Crippen molar-refractivity contribution >= 4 is 138 Å². The topological polar surface area (TPSA) is 307 Å². The van der Waals surface area contributed by atoms with Gasteiger partial charge in [0, 0.05) is 37.0 Å². The second-order valence-corrected chi connectivity index (χ2v) is 19.4. The van der Waals surface area contributed by atoms with E-state index in [-0.39, 0.29) is 55.7 Å². The number of fused-ring (bicyclic) bond motifs is 2. The number of rotatable bonds is 18. The standard InChI is InChI=1S/2C22H18ClN5O5S2/c2*23-13-7-17(20(30)24-8-11-3-1-4-14-12(11)9-26-28-14)35-18(13)21(31)27-15(22(32)33)10-25-19(29)16-5-2-6-34-16/h2*1-7,9,15H,8,10H2,(H,24,30)(H,25,29)(H,26,28)(H,27,31)(H,32,33)/t2*15-/m00/s1. The Labute approximate surface area is 420 Å². The van der Waals surface area contributed by atoms with E-state index in [1.807, 2.05) is 36.4 Å². The zero-order chi connectivity index (χ0) is 49.9. The van der Waals surface area contributed by atoms with E-state index in [0.717, 1.165) is 55.6 Å². The van der Waals surface area contributed by atoms with Gasteiger partial charge in [0.2, 0.25) is 0 Å². The van der Waals surface area contributed by atoms with Gasteiger partial charge >= 0.3 is 11.9 Å². The Morgan fingerprint density at radius 1 is 0.529 bits per heavy atom. The van der Waals surface area contributed by atoms with Crippen LogP contribution in [0.25, 0.3) is 21.8 Å². The first-order chi connectivity index (χ1) is 33.7. The van der Waals surface area contributed by atoms with Crippen molar-refractivity contribution in [2.75, 3.05) is 13.1 Å². The molecule has 0 bridgehead atoms. The number of halogens is 2. The summed E-state index contributed by atoms with van der Waals surface area (Å²) in [6.45, 7) is -0.184. The highest BCUT2D eigenvalue weighted by atomic mass is 35.5. The van der Waals surface area contributed by atoms with E-state index in [4.69, 9.17) is 23.2 Å². The molecule has 0 radical (unpaired) electrons. The third-order valence-corrected chi connectivity index (χ3v) is 14.7. The molecular formula is C44H36Cl2N10O10S4. The quantitative estimate of drug-likeness (QED) is 0.0490. The zero-order valence-electron chi connectivity index (χ0n) is 35.7. The molecule has 0 unspecified atom stereocenters. The third kappa shape index (κ3) is 12.6. The third-order valence-electron chi connectivity index (χ3n) is 9.89. The highest BCUT2D eigenvalue weighted by Gasteiger charge is 2.27. The van der Waals surface area contributed by atoms with Gasteiger partial charge in [-0.2, -0.15) is 10.2 Å². The zero-order valence-corrected chi connectivity index (χ0v) is 40.4. The summed E-state index contributed by atoms with van der Waals surface area (Å²) in [4.78, 5) is 99.2. The first kappa shape index (κ1) is 50.4. The molecule has 2 atom stereocenters. The number of carboxylic acids is 2. The van der Waals surface area contributed by atoms with E-state index in [1.54, 1.807) is 47.4 Å². The van der Waals surface area contributed by atoms with Crippen LogP contribution in [0, 0.1) is 0 Å². The van der Waals surface area contributed by atoms with Crippen LogP contribution in [-0.2, 0) is 22.7 Å². The van der Waals surface area contributed by atoms with E-state index < -0.39 is 59.5 Å². The van der Waals surface area contributed by atoms with Crippen LogP contribution in [-0.4, -0.2) is 103 Å². The van der Waals surface area contributed by atoms with Crippen molar-refractivity contribution < 1.29 is 48.6 Å². The van der Waals surface area contributed by atoms with Gasteiger partial charge in [-0.3, -0.25) is 39.0 Å². The lowest BCUT2D eigenvalue weighted by Crippen LogP contribution is -2.48. The molecule has 360 valence electrons. The summed E-state index contributed by atoms with van der Waals surface area (Å²) >= 11 is 16.4. The van der Waals surface area contributed by atoms with Crippen molar-refractivity contribution in [1.29, 1.82) is 0 Å². The largest absolute Gasteiger partial charge is 0.480 e. The number of carbonyl (C=O) groups excluding carboxylic acids is 6. The van der Waals surface area contributed by atoms with Gasteiger partial charge in [-0.15, -0.1) is 45.3 Å². The fourth-order valence-corrected chi connectivity index (χ4v) is 10.2. The Hall–Kier alpha value is -7.48.